The van der Waals surface area contributed by atoms with Crippen LogP contribution in [0.15, 0.2) is 24.3 Å². The molecule has 1 fully saturated rings. The first-order valence-electron chi connectivity index (χ1n) is 7.02. The Labute approximate surface area is 118 Å². The van der Waals surface area contributed by atoms with Crippen LogP contribution in [0.25, 0.3) is 0 Å². The predicted octanol–water partition coefficient (Wildman–Crippen LogP) is 3.04. The second-order valence-electron chi connectivity index (χ2n) is 5.53. The third-order valence-corrected chi connectivity index (χ3v) is 4.10. The van der Waals surface area contributed by atoms with Crippen molar-refractivity contribution in [3.63, 3.8) is 0 Å². The van der Waals surface area contributed by atoms with Crippen molar-refractivity contribution in [3.8, 4) is 0 Å². The minimum atomic E-state index is -0.455. The van der Waals surface area contributed by atoms with Gasteiger partial charge in [0.1, 0.15) is 0 Å². The summed E-state index contributed by atoms with van der Waals surface area (Å²) in [6.07, 6.45) is 3.46. The monoisotopic (exact) mass is 276 g/mol. The van der Waals surface area contributed by atoms with Crippen LogP contribution in [0.2, 0.25) is 0 Å². The molecule has 0 bridgehead atoms. The van der Waals surface area contributed by atoms with E-state index in [4.69, 9.17) is 0 Å². The Morgan fingerprint density at radius 1 is 1.25 bits per heavy atom. The molecule has 0 aliphatic carbocycles. The SMILES string of the molecule is C[C@@H]1CCC[C@H](C)N1CC(=O)c1ccc([N+](=O)[O-])cc1. The Morgan fingerprint density at radius 3 is 2.30 bits per heavy atom. The molecule has 0 saturated carbocycles. The first kappa shape index (κ1) is 14.7. The number of Topliss-reactive ketones (excluding diaryl/α,β-unsaturated/α-hetero) is 1. The summed E-state index contributed by atoms with van der Waals surface area (Å²) in [5.74, 6) is 0.0282. The van der Waals surface area contributed by atoms with E-state index in [1.54, 1.807) is 12.1 Å². The topological polar surface area (TPSA) is 63.5 Å². The molecule has 1 heterocycles. The lowest BCUT2D eigenvalue weighted by molar-refractivity contribution is -0.384. The van der Waals surface area contributed by atoms with Gasteiger partial charge in [-0.2, -0.15) is 0 Å². The van der Waals surface area contributed by atoms with Crippen molar-refractivity contribution < 1.29 is 9.72 Å². The van der Waals surface area contributed by atoms with Crippen LogP contribution in [0.3, 0.4) is 0 Å². The lowest BCUT2D eigenvalue weighted by Crippen LogP contribution is -2.46. The minimum Gasteiger partial charge on any atom is -0.293 e. The van der Waals surface area contributed by atoms with Gasteiger partial charge in [-0.1, -0.05) is 6.42 Å². The van der Waals surface area contributed by atoms with Crippen LogP contribution in [0.5, 0.6) is 0 Å². The summed E-state index contributed by atoms with van der Waals surface area (Å²) in [4.78, 5) is 24.6. The number of ketones is 1. The summed E-state index contributed by atoms with van der Waals surface area (Å²) in [5, 5.41) is 10.6. The summed E-state index contributed by atoms with van der Waals surface area (Å²) >= 11 is 0. The lowest BCUT2D eigenvalue weighted by Gasteiger charge is -2.38. The van der Waals surface area contributed by atoms with Crippen molar-refractivity contribution in [2.24, 2.45) is 0 Å². The molecule has 0 amide bonds. The number of nitro benzene ring substituents is 1. The number of piperidine rings is 1. The molecule has 0 N–H and O–H groups in total. The van der Waals surface area contributed by atoms with E-state index in [2.05, 4.69) is 18.7 Å². The highest BCUT2D eigenvalue weighted by atomic mass is 16.6. The van der Waals surface area contributed by atoms with Gasteiger partial charge in [-0.3, -0.25) is 19.8 Å². The van der Waals surface area contributed by atoms with Gasteiger partial charge in [0, 0.05) is 29.8 Å². The molecule has 108 valence electrons. The standard InChI is InChI=1S/C15H20N2O3/c1-11-4-3-5-12(2)16(11)10-15(18)13-6-8-14(9-7-13)17(19)20/h6-9,11-12H,3-5,10H2,1-2H3/t11-,12+. The van der Waals surface area contributed by atoms with Crippen LogP contribution in [0, 0.1) is 10.1 Å². The molecule has 1 aliphatic heterocycles. The predicted molar refractivity (Wildman–Crippen MR) is 76.9 cm³/mol. The molecule has 2 atom stereocenters. The number of benzene rings is 1. The van der Waals surface area contributed by atoms with Gasteiger partial charge in [0.2, 0.25) is 0 Å². The number of nitro groups is 1. The molecule has 20 heavy (non-hydrogen) atoms. The van der Waals surface area contributed by atoms with Crippen molar-refractivity contribution >= 4 is 11.5 Å². The van der Waals surface area contributed by atoms with E-state index in [1.165, 1.54) is 18.6 Å². The zero-order valence-corrected chi connectivity index (χ0v) is 11.9. The number of non-ortho nitro benzene ring substituents is 1. The van der Waals surface area contributed by atoms with Gasteiger partial charge in [-0.05, 0) is 38.8 Å². The molecule has 0 radical (unpaired) electrons. The minimum absolute atomic E-state index is 0.0151. The van der Waals surface area contributed by atoms with Gasteiger partial charge in [0.15, 0.2) is 5.78 Å². The fourth-order valence-corrected chi connectivity index (χ4v) is 2.81. The van der Waals surface area contributed by atoms with Gasteiger partial charge < -0.3 is 0 Å². The summed E-state index contributed by atoms with van der Waals surface area (Å²) in [6.45, 7) is 4.69. The maximum Gasteiger partial charge on any atom is 0.269 e. The number of hydrogen-bond donors (Lipinski definition) is 0. The molecule has 0 aromatic heterocycles. The number of hydrogen-bond acceptors (Lipinski definition) is 4. The van der Waals surface area contributed by atoms with Crippen molar-refractivity contribution in [2.45, 2.75) is 45.2 Å². The molecule has 1 aromatic rings. The van der Waals surface area contributed by atoms with E-state index in [-0.39, 0.29) is 11.5 Å². The lowest BCUT2D eigenvalue weighted by atomic mass is 9.96. The highest BCUT2D eigenvalue weighted by molar-refractivity contribution is 5.97. The summed E-state index contributed by atoms with van der Waals surface area (Å²) in [5.41, 5.74) is 0.557. The van der Waals surface area contributed by atoms with E-state index in [0.29, 0.717) is 24.2 Å². The fraction of sp³-hybridized carbons (Fsp3) is 0.533. The van der Waals surface area contributed by atoms with Gasteiger partial charge in [0.05, 0.1) is 11.5 Å². The molecule has 1 aromatic carbocycles. The summed E-state index contributed by atoms with van der Waals surface area (Å²) < 4.78 is 0. The molecule has 1 aliphatic rings. The largest absolute Gasteiger partial charge is 0.293 e. The van der Waals surface area contributed by atoms with E-state index < -0.39 is 4.92 Å². The van der Waals surface area contributed by atoms with Crippen LogP contribution in [0.1, 0.15) is 43.5 Å². The Bertz CT molecular complexity index is 488. The maximum atomic E-state index is 12.3. The van der Waals surface area contributed by atoms with Crippen molar-refractivity contribution in [1.29, 1.82) is 0 Å². The molecular formula is C15H20N2O3. The molecule has 0 spiro atoms. The maximum absolute atomic E-state index is 12.3. The van der Waals surface area contributed by atoms with Crippen LogP contribution >= 0.6 is 0 Å². The molecule has 1 saturated heterocycles. The third-order valence-electron chi connectivity index (χ3n) is 4.10. The summed E-state index contributed by atoms with van der Waals surface area (Å²) in [7, 11) is 0. The number of carbonyl (C=O) groups excluding carboxylic acids is 1. The first-order valence-corrected chi connectivity index (χ1v) is 7.02. The Morgan fingerprint density at radius 2 is 1.80 bits per heavy atom. The van der Waals surface area contributed by atoms with E-state index in [0.717, 1.165) is 12.8 Å². The van der Waals surface area contributed by atoms with E-state index in [9.17, 15) is 14.9 Å². The molecule has 0 unspecified atom stereocenters. The van der Waals surface area contributed by atoms with Crippen molar-refractivity contribution in [2.75, 3.05) is 6.54 Å². The zero-order valence-electron chi connectivity index (χ0n) is 11.9. The third kappa shape index (κ3) is 3.22. The smallest absolute Gasteiger partial charge is 0.269 e. The Balaban J connectivity index is 2.05. The van der Waals surface area contributed by atoms with Gasteiger partial charge in [-0.25, -0.2) is 0 Å². The van der Waals surface area contributed by atoms with Crippen molar-refractivity contribution in [3.05, 3.63) is 39.9 Å². The molecule has 5 heteroatoms. The Hall–Kier alpha value is -1.75. The van der Waals surface area contributed by atoms with Crippen LogP contribution in [-0.4, -0.2) is 34.2 Å². The second-order valence-corrected chi connectivity index (χ2v) is 5.53. The second kappa shape index (κ2) is 6.13. The van der Waals surface area contributed by atoms with E-state index in [1.807, 2.05) is 0 Å². The zero-order chi connectivity index (χ0) is 14.7. The Kier molecular flexibility index (Phi) is 4.49. The van der Waals surface area contributed by atoms with Crippen LogP contribution < -0.4 is 0 Å². The molecular weight excluding hydrogens is 256 g/mol. The number of likely N-dealkylation sites (tertiary alicyclic amines) is 1. The molecule has 5 nitrogen and oxygen atoms in total. The van der Waals surface area contributed by atoms with Crippen molar-refractivity contribution in [1.82, 2.24) is 4.90 Å². The average molecular weight is 276 g/mol. The van der Waals surface area contributed by atoms with Gasteiger partial charge in [-0.15, -0.1) is 0 Å². The van der Waals surface area contributed by atoms with Crippen LogP contribution in [0.4, 0.5) is 5.69 Å². The average Bonchev–Trinajstić information content (AvgIpc) is 2.43. The number of carbonyl (C=O) groups is 1. The number of nitrogens with zero attached hydrogens (tertiary/aromatic N) is 2. The van der Waals surface area contributed by atoms with Gasteiger partial charge >= 0.3 is 0 Å². The highest BCUT2D eigenvalue weighted by Gasteiger charge is 2.26. The number of rotatable bonds is 4. The summed E-state index contributed by atoms with van der Waals surface area (Å²) in [6, 6.07) is 6.69. The first-order chi connectivity index (χ1) is 9.49. The van der Waals surface area contributed by atoms with Gasteiger partial charge in [0.25, 0.3) is 5.69 Å². The quantitative estimate of drug-likeness (QED) is 0.481. The highest BCUT2D eigenvalue weighted by Crippen LogP contribution is 2.23. The normalized spacial score (nSPS) is 23.5. The van der Waals surface area contributed by atoms with E-state index >= 15 is 0 Å². The molecule has 2 rings (SSSR count). The fourth-order valence-electron chi connectivity index (χ4n) is 2.81. The van der Waals surface area contributed by atoms with Crippen LogP contribution in [-0.2, 0) is 0 Å².